The van der Waals surface area contributed by atoms with E-state index in [-0.39, 0.29) is 36.1 Å². The lowest BCUT2D eigenvalue weighted by Crippen LogP contribution is -2.32. The smallest absolute Gasteiger partial charge is 0.429 e. The fraction of sp³-hybridized carbons (Fsp3) is 0.320. The Bertz CT molecular complexity index is 1220. The molecule has 0 aliphatic heterocycles. The Morgan fingerprint density at radius 2 is 1.83 bits per heavy atom. The maximum absolute atomic E-state index is 14.0. The molecule has 1 saturated carbocycles. The predicted octanol–water partition coefficient (Wildman–Crippen LogP) is 4.71. The van der Waals surface area contributed by atoms with Gasteiger partial charge >= 0.3 is 12.1 Å². The number of benzene rings is 2. The summed E-state index contributed by atoms with van der Waals surface area (Å²) >= 11 is 0. The molecule has 1 aliphatic rings. The van der Waals surface area contributed by atoms with E-state index in [1.165, 1.54) is 6.07 Å². The fourth-order valence-electron chi connectivity index (χ4n) is 3.48. The number of halogens is 4. The van der Waals surface area contributed by atoms with Gasteiger partial charge in [-0.3, -0.25) is 4.79 Å². The molecule has 0 saturated heterocycles. The number of hydrogen-bond donors (Lipinski definition) is 2. The molecule has 0 spiro atoms. The molecule has 1 unspecified atom stereocenters. The minimum Gasteiger partial charge on any atom is -0.493 e. The first-order valence-corrected chi connectivity index (χ1v) is 11.2. The average Bonchev–Trinajstić information content (AvgIpc) is 3.66. The monoisotopic (exact) mass is 505 g/mol. The highest BCUT2D eigenvalue weighted by molar-refractivity contribution is 5.73. The normalized spacial score (nSPS) is 15.2. The van der Waals surface area contributed by atoms with Gasteiger partial charge in [-0.05, 0) is 42.9 Å². The number of carboxylic acids is 1. The van der Waals surface area contributed by atoms with Gasteiger partial charge in [0.05, 0.1) is 12.3 Å². The summed E-state index contributed by atoms with van der Waals surface area (Å²) in [5.74, 6) is -2.16. The van der Waals surface area contributed by atoms with Crippen LogP contribution in [0.4, 0.5) is 17.6 Å². The van der Waals surface area contributed by atoms with Crippen molar-refractivity contribution in [3.63, 3.8) is 0 Å². The van der Waals surface area contributed by atoms with Gasteiger partial charge in [0.25, 0.3) is 0 Å². The first-order chi connectivity index (χ1) is 17.1. The standard InChI is InChI=1S/C25H23F4N3O4/c26-17-7-8-18(21(10-17)35-12-15-1-2-15)23(25(27,28)29)36-22-11-20(31-13-32-22)16-5-3-14(4-6-16)9-19(30)24(33)34/h3-8,10-11,13,15,19,23H,1-2,9,12,30H2,(H,33,34)/t19-,23?/m0/s1. The van der Waals surface area contributed by atoms with Crippen molar-refractivity contribution in [3.8, 4) is 22.9 Å². The van der Waals surface area contributed by atoms with Crippen LogP contribution in [0.2, 0.25) is 0 Å². The number of rotatable bonds is 10. The Morgan fingerprint density at radius 1 is 1.11 bits per heavy atom. The molecule has 0 bridgehead atoms. The molecule has 190 valence electrons. The van der Waals surface area contributed by atoms with Crippen molar-refractivity contribution in [2.75, 3.05) is 6.61 Å². The lowest BCUT2D eigenvalue weighted by molar-refractivity contribution is -0.199. The first-order valence-electron chi connectivity index (χ1n) is 11.2. The molecule has 4 rings (SSSR count). The summed E-state index contributed by atoms with van der Waals surface area (Å²) in [4.78, 5) is 18.8. The molecule has 3 aromatic rings. The van der Waals surface area contributed by atoms with Crippen molar-refractivity contribution in [1.82, 2.24) is 9.97 Å². The van der Waals surface area contributed by atoms with E-state index < -0.39 is 30.1 Å². The van der Waals surface area contributed by atoms with E-state index in [1.807, 2.05) is 0 Å². The summed E-state index contributed by atoms with van der Waals surface area (Å²) in [5.41, 5.74) is 6.70. The highest BCUT2D eigenvalue weighted by Crippen LogP contribution is 2.41. The van der Waals surface area contributed by atoms with Crippen LogP contribution in [0.15, 0.2) is 54.9 Å². The van der Waals surface area contributed by atoms with Crippen molar-refractivity contribution in [3.05, 3.63) is 71.8 Å². The third-order valence-electron chi connectivity index (χ3n) is 5.63. The maximum Gasteiger partial charge on any atom is 0.429 e. The second kappa shape index (κ2) is 10.5. The van der Waals surface area contributed by atoms with Gasteiger partial charge in [-0.25, -0.2) is 14.4 Å². The van der Waals surface area contributed by atoms with E-state index in [4.69, 9.17) is 20.3 Å². The fourth-order valence-corrected chi connectivity index (χ4v) is 3.48. The molecule has 3 N–H and O–H groups in total. The van der Waals surface area contributed by atoms with Crippen LogP contribution in [0.5, 0.6) is 11.6 Å². The predicted molar refractivity (Wildman–Crippen MR) is 121 cm³/mol. The number of hydrogen-bond acceptors (Lipinski definition) is 6. The number of nitrogens with two attached hydrogens (primary N) is 1. The van der Waals surface area contributed by atoms with Crippen molar-refractivity contribution < 1.29 is 36.9 Å². The highest BCUT2D eigenvalue weighted by Gasteiger charge is 2.45. The SMILES string of the molecule is N[C@@H](Cc1ccc(-c2cc(OC(c3ccc(F)cc3OCC3CC3)C(F)(F)F)ncn2)cc1)C(=O)O. The second-order valence-electron chi connectivity index (χ2n) is 8.56. The Hall–Kier alpha value is -3.73. The molecule has 36 heavy (non-hydrogen) atoms. The third kappa shape index (κ3) is 6.48. The number of carbonyl (C=O) groups is 1. The van der Waals surface area contributed by atoms with Crippen molar-refractivity contribution >= 4 is 5.97 Å². The molecule has 0 amide bonds. The summed E-state index contributed by atoms with van der Waals surface area (Å²) < 4.78 is 66.7. The van der Waals surface area contributed by atoms with Crippen LogP contribution in [0.3, 0.4) is 0 Å². The van der Waals surface area contributed by atoms with Gasteiger partial charge < -0.3 is 20.3 Å². The van der Waals surface area contributed by atoms with Gasteiger partial charge in [-0.15, -0.1) is 0 Å². The Labute approximate surface area is 203 Å². The maximum atomic E-state index is 14.0. The second-order valence-corrected chi connectivity index (χ2v) is 8.56. The number of aromatic nitrogens is 2. The van der Waals surface area contributed by atoms with Gasteiger partial charge in [0.2, 0.25) is 12.0 Å². The molecule has 1 fully saturated rings. The summed E-state index contributed by atoms with van der Waals surface area (Å²) in [6.45, 7) is 0.200. The number of ether oxygens (including phenoxy) is 2. The van der Waals surface area contributed by atoms with Crippen LogP contribution >= 0.6 is 0 Å². The molecule has 2 aromatic carbocycles. The summed E-state index contributed by atoms with van der Waals surface area (Å²) in [6, 6.07) is 9.63. The molecular formula is C25H23F4N3O4. The Balaban J connectivity index is 1.57. The third-order valence-corrected chi connectivity index (χ3v) is 5.63. The van der Waals surface area contributed by atoms with Crippen molar-refractivity contribution in [2.24, 2.45) is 11.7 Å². The molecule has 2 atom stereocenters. The zero-order chi connectivity index (χ0) is 25.9. The quantitative estimate of drug-likeness (QED) is 0.384. The van der Waals surface area contributed by atoms with Crippen LogP contribution in [-0.4, -0.2) is 39.9 Å². The lowest BCUT2D eigenvalue weighted by atomic mass is 10.0. The molecule has 1 heterocycles. The van der Waals surface area contributed by atoms with Gasteiger partial charge in [0, 0.05) is 23.3 Å². The molecule has 7 nitrogen and oxygen atoms in total. The summed E-state index contributed by atoms with van der Waals surface area (Å²) in [7, 11) is 0. The Morgan fingerprint density at radius 3 is 2.47 bits per heavy atom. The molecule has 0 radical (unpaired) electrons. The van der Waals surface area contributed by atoms with Gasteiger partial charge in [-0.1, -0.05) is 24.3 Å². The lowest BCUT2D eigenvalue weighted by Gasteiger charge is -2.24. The number of alkyl halides is 3. The number of aliphatic carboxylic acids is 1. The van der Waals surface area contributed by atoms with Gasteiger partial charge in [0.1, 0.15) is 23.9 Å². The molecule has 1 aromatic heterocycles. The largest absolute Gasteiger partial charge is 0.493 e. The minimum atomic E-state index is -4.84. The summed E-state index contributed by atoms with van der Waals surface area (Å²) in [5, 5.41) is 8.94. The van der Waals surface area contributed by atoms with Gasteiger partial charge in [0.15, 0.2) is 0 Å². The topological polar surface area (TPSA) is 108 Å². The van der Waals surface area contributed by atoms with Crippen LogP contribution in [-0.2, 0) is 11.2 Å². The van der Waals surface area contributed by atoms with E-state index >= 15 is 0 Å². The van der Waals surface area contributed by atoms with Crippen LogP contribution < -0.4 is 15.2 Å². The highest BCUT2D eigenvalue weighted by atomic mass is 19.4. The zero-order valence-corrected chi connectivity index (χ0v) is 18.9. The molecular weight excluding hydrogens is 482 g/mol. The van der Waals surface area contributed by atoms with E-state index in [0.29, 0.717) is 16.8 Å². The first kappa shape index (κ1) is 25.4. The zero-order valence-electron chi connectivity index (χ0n) is 18.9. The molecule has 11 heteroatoms. The number of nitrogens with zero attached hydrogens (tertiary/aromatic N) is 2. The minimum absolute atomic E-state index is 0.115. The van der Waals surface area contributed by atoms with E-state index in [2.05, 4.69) is 9.97 Å². The van der Waals surface area contributed by atoms with Crippen LogP contribution in [0.25, 0.3) is 11.3 Å². The molecule has 1 aliphatic carbocycles. The van der Waals surface area contributed by atoms with Crippen molar-refractivity contribution in [1.29, 1.82) is 0 Å². The van der Waals surface area contributed by atoms with Crippen molar-refractivity contribution in [2.45, 2.75) is 37.6 Å². The van der Waals surface area contributed by atoms with Crippen LogP contribution in [0, 0.1) is 11.7 Å². The van der Waals surface area contributed by atoms with E-state index in [1.54, 1.807) is 24.3 Å². The van der Waals surface area contributed by atoms with E-state index in [0.717, 1.165) is 37.4 Å². The summed E-state index contributed by atoms with van der Waals surface area (Å²) in [6.07, 6.45) is -4.27. The van der Waals surface area contributed by atoms with Crippen LogP contribution in [0.1, 0.15) is 30.1 Å². The van der Waals surface area contributed by atoms with Gasteiger partial charge in [-0.2, -0.15) is 13.2 Å². The Kier molecular flexibility index (Phi) is 7.39. The number of carboxylic acid groups (broad SMARTS) is 1. The average molecular weight is 505 g/mol. The van der Waals surface area contributed by atoms with E-state index in [9.17, 15) is 22.4 Å².